The van der Waals surface area contributed by atoms with Crippen LogP contribution in [0.4, 0.5) is 5.69 Å². The molecule has 0 saturated carbocycles. The van der Waals surface area contributed by atoms with E-state index in [0.29, 0.717) is 31.0 Å². The third-order valence-electron chi connectivity index (χ3n) is 7.01. The average Bonchev–Trinajstić information content (AvgIpc) is 3.00. The van der Waals surface area contributed by atoms with E-state index < -0.39 is 28.5 Å². The van der Waals surface area contributed by atoms with Gasteiger partial charge in [0.05, 0.1) is 17.2 Å². The normalized spacial score (nSPS) is 11.9. The van der Waals surface area contributed by atoms with E-state index in [0.717, 1.165) is 33.2 Å². The highest BCUT2D eigenvalue weighted by molar-refractivity contribution is 7.98. The molecule has 2 amide bonds. The minimum Gasteiger partial charge on any atom is -0.494 e. The molecular formula is C33H43N3O5S2. The Balaban J connectivity index is 2.04. The molecule has 1 atom stereocenters. The van der Waals surface area contributed by atoms with Gasteiger partial charge in [-0.2, -0.15) is 0 Å². The molecule has 43 heavy (non-hydrogen) atoms. The highest BCUT2D eigenvalue weighted by atomic mass is 32.2. The van der Waals surface area contributed by atoms with Gasteiger partial charge in [0.2, 0.25) is 11.8 Å². The number of aryl methyl sites for hydroxylation is 1. The highest BCUT2D eigenvalue weighted by Gasteiger charge is 2.33. The number of sulfonamides is 1. The molecule has 0 aliphatic heterocycles. The van der Waals surface area contributed by atoms with Crippen molar-refractivity contribution in [3.05, 3.63) is 83.9 Å². The number of carbonyl (C=O) groups excluding carboxylic acids is 2. The lowest BCUT2D eigenvalue weighted by Crippen LogP contribution is -2.52. The van der Waals surface area contributed by atoms with E-state index in [1.165, 1.54) is 16.7 Å². The second kappa shape index (κ2) is 16.4. The first-order valence-electron chi connectivity index (χ1n) is 14.7. The number of benzene rings is 3. The summed E-state index contributed by atoms with van der Waals surface area (Å²) in [6, 6.07) is 20.2. The van der Waals surface area contributed by atoms with Crippen molar-refractivity contribution in [2.75, 3.05) is 30.3 Å². The Bertz CT molecular complexity index is 1440. The minimum atomic E-state index is -4.15. The number of unbranched alkanes of at least 4 members (excludes halogenated alkanes) is 1. The van der Waals surface area contributed by atoms with Gasteiger partial charge in [-0.3, -0.25) is 13.9 Å². The van der Waals surface area contributed by atoms with Crippen LogP contribution in [-0.2, 0) is 26.2 Å². The summed E-state index contributed by atoms with van der Waals surface area (Å²) >= 11 is 1.51. The second-order valence-electron chi connectivity index (χ2n) is 10.2. The van der Waals surface area contributed by atoms with Gasteiger partial charge in [-0.25, -0.2) is 8.42 Å². The fraction of sp³-hybridized carbons (Fsp3) is 0.394. The first-order valence-corrected chi connectivity index (χ1v) is 17.3. The zero-order valence-corrected chi connectivity index (χ0v) is 27.3. The summed E-state index contributed by atoms with van der Waals surface area (Å²) in [5, 5.41) is 2.96. The van der Waals surface area contributed by atoms with Crippen LogP contribution < -0.4 is 14.4 Å². The molecule has 0 aromatic heterocycles. The molecule has 0 aliphatic carbocycles. The van der Waals surface area contributed by atoms with E-state index in [1.54, 1.807) is 48.5 Å². The van der Waals surface area contributed by atoms with Crippen LogP contribution in [-0.4, -0.2) is 57.1 Å². The topological polar surface area (TPSA) is 96.0 Å². The van der Waals surface area contributed by atoms with E-state index in [2.05, 4.69) is 5.32 Å². The van der Waals surface area contributed by atoms with Gasteiger partial charge in [-0.05, 0) is 87.0 Å². The van der Waals surface area contributed by atoms with Gasteiger partial charge in [-0.1, -0.05) is 50.1 Å². The smallest absolute Gasteiger partial charge is 0.264 e. The van der Waals surface area contributed by atoms with E-state index in [-0.39, 0.29) is 17.3 Å². The molecule has 0 spiro atoms. The van der Waals surface area contributed by atoms with Gasteiger partial charge in [0.1, 0.15) is 18.3 Å². The number of nitrogens with zero attached hydrogens (tertiary/aromatic N) is 2. The Kier molecular flexibility index (Phi) is 12.9. The molecule has 232 valence electrons. The Hall–Kier alpha value is -3.50. The number of hydrogen-bond acceptors (Lipinski definition) is 6. The Morgan fingerprint density at radius 1 is 0.977 bits per heavy atom. The maximum atomic E-state index is 14.2. The van der Waals surface area contributed by atoms with Crippen molar-refractivity contribution in [3.8, 4) is 5.75 Å². The Morgan fingerprint density at radius 2 is 1.67 bits per heavy atom. The van der Waals surface area contributed by atoms with Gasteiger partial charge >= 0.3 is 0 Å². The minimum absolute atomic E-state index is 0.0709. The van der Waals surface area contributed by atoms with Crippen LogP contribution in [0.1, 0.15) is 51.2 Å². The fourth-order valence-electron chi connectivity index (χ4n) is 4.71. The molecule has 3 aromatic carbocycles. The molecule has 3 aromatic rings. The monoisotopic (exact) mass is 625 g/mol. The summed E-state index contributed by atoms with van der Waals surface area (Å²) in [5.41, 5.74) is 2.20. The fourth-order valence-corrected chi connectivity index (χ4v) is 6.53. The van der Waals surface area contributed by atoms with Crippen molar-refractivity contribution in [1.29, 1.82) is 0 Å². The molecule has 3 rings (SSSR count). The molecule has 0 radical (unpaired) electrons. The van der Waals surface area contributed by atoms with Crippen LogP contribution in [0.5, 0.6) is 5.75 Å². The number of rotatable bonds is 16. The van der Waals surface area contributed by atoms with Gasteiger partial charge in [0.15, 0.2) is 0 Å². The van der Waals surface area contributed by atoms with Crippen molar-refractivity contribution < 1.29 is 22.7 Å². The summed E-state index contributed by atoms with van der Waals surface area (Å²) in [4.78, 5) is 30.0. The summed E-state index contributed by atoms with van der Waals surface area (Å²) < 4.78 is 34.8. The van der Waals surface area contributed by atoms with E-state index >= 15 is 0 Å². The van der Waals surface area contributed by atoms with E-state index in [9.17, 15) is 18.0 Å². The predicted molar refractivity (Wildman–Crippen MR) is 174 cm³/mol. The highest BCUT2D eigenvalue weighted by Crippen LogP contribution is 2.28. The maximum absolute atomic E-state index is 14.2. The standard InChI is InChI=1S/C33H43N3O5S2/c1-6-9-21-34-33(38)31(7-2)35(23-26-12-10-11-25(4)22-26)32(37)24-36(27-13-15-28(16-14-27)41-8-3)43(39,40)30-19-17-29(42-5)18-20-30/h10-20,22,31H,6-9,21,23-24H2,1-5H3,(H,34,38). The van der Waals surface area contributed by atoms with Crippen molar-refractivity contribution in [2.45, 2.75) is 69.3 Å². The molecule has 0 saturated heterocycles. The van der Waals surface area contributed by atoms with Gasteiger partial charge in [0.25, 0.3) is 10.0 Å². The lowest BCUT2D eigenvalue weighted by molar-refractivity contribution is -0.140. The van der Waals surface area contributed by atoms with Crippen LogP contribution in [0.2, 0.25) is 0 Å². The number of anilines is 1. The number of hydrogen-bond donors (Lipinski definition) is 1. The maximum Gasteiger partial charge on any atom is 0.264 e. The number of carbonyl (C=O) groups is 2. The lowest BCUT2D eigenvalue weighted by Gasteiger charge is -2.33. The summed E-state index contributed by atoms with van der Waals surface area (Å²) in [5.74, 6) is -0.132. The zero-order chi connectivity index (χ0) is 31.4. The van der Waals surface area contributed by atoms with Gasteiger partial charge in [-0.15, -0.1) is 11.8 Å². The summed E-state index contributed by atoms with van der Waals surface area (Å²) in [6.07, 6.45) is 4.05. The van der Waals surface area contributed by atoms with Crippen LogP contribution >= 0.6 is 11.8 Å². The van der Waals surface area contributed by atoms with Crippen LogP contribution in [0.3, 0.4) is 0 Å². The summed E-state index contributed by atoms with van der Waals surface area (Å²) in [6.45, 7) is 8.40. The third-order valence-corrected chi connectivity index (χ3v) is 9.54. The molecular weight excluding hydrogens is 583 g/mol. The molecule has 0 heterocycles. The predicted octanol–water partition coefficient (Wildman–Crippen LogP) is 6.03. The SMILES string of the molecule is CCCCNC(=O)C(CC)N(Cc1cccc(C)c1)C(=O)CN(c1ccc(OCC)cc1)S(=O)(=O)c1ccc(SC)cc1. The van der Waals surface area contributed by atoms with E-state index in [4.69, 9.17) is 4.74 Å². The van der Waals surface area contributed by atoms with Crippen molar-refractivity contribution in [2.24, 2.45) is 0 Å². The van der Waals surface area contributed by atoms with Crippen molar-refractivity contribution in [1.82, 2.24) is 10.2 Å². The molecule has 0 fully saturated rings. The second-order valence-corrected chi connectivity index (χ2v) is 12.9. The number of amides is 2. The van der Waals surface area contributed by atoms with Crippen LogP contribution in [0.15, 0.2) is 82.6 Å². The lowest BCUT2D eigenvalue weighted by atomic mass is 10.1. The first-order chi connectivity index (χ1) is 20.6. The number of ether oxygens (including phenoxy) is 1. The Morgan fingerprint density at radius 3 is 2.26 bits per heavy atom. The number of nitrogens with one attached hydrogen (secondary N) is 1. The number of thioether (sulfide) groups is 1. The Labute approximate surface area is 260 Å². The molecule has 10 heteroatoms. The molecule has 0 aliphatic rings. The van der Waals surface area contributed by atoms with Crippen LogP contribution in [0.25, 0.3) is 0 Å². The van der Waals surface area contributed by atoms with Gasteiger partial charge < -0.3 is 15.0 Å². The zero-order valence-electron chi connectivity index (χ0n) is 25.7. The molecule has 1 N–H and O–H groups in total. The largest absolute Gasteiger partial charge is 0.494 e. The average molecular weight is 626 g/mol. The van der Waals surface area contributed by atoms with Crippen molar-refractivity contribution in [3.63, 3.8) is 0 Å². The van der Waals surface area contributed by atoms with Gasteiger partial charge in [0, 0.05) is 18.0 Å². The van der Waals surface area contributed by atoms with Crippen LogP contribution in [0, 0.1) is 6.92 Å². The third kappa shape index (κ3) is 9.24. The quantitative estimate of drug-likeness (QED) is 0.154. The van der Waals surface area contributed by atoms with E-state index in [1.807, 2.05) is 58.2 Å². The molecule has 0 bridgehead atoms. The van der Waals surface area contributed by atoms with Crippen molar-refractivity contribution >= 4 is 39.3 Å². The summed E-state index contributed by atoms with van der Waals surface area (Å²) in [7, 11) is -4.15. The first kappa shape index (κ1) is 34.0. The molecule has 1 unspecified atom stereocenters. The molecule has 8 nitrogen and oxygen atoms in total.